The maximum atomic E-state index is 12.4. The Labute approximate surface area is 129 Å². The Kier molecular flexibility index (Phi) is 3.68. The number of carbonyl (C=O) groups is 1. The monoisotopic (exact) mass is 315 g/mol. The van der Waals surface area contributed by atoms with Crippen molar-refractivity contribution < 1.29 is 4.79 Å². The number of rotatable bonds is 3. The Bertz CT molecular complexity index is 901. The molecule has 0 radical (unpaired) electrons. The first kappa shape index (κ1) is 14.3. The first-order chi connectivity index (χ1) is 10.6. The van der Waals surface area contributed by atoms with Crippen molar-refractivity contribution in [2.75, 3.05) is 5.32 Å². The Morgan fingerprint density at radius 1 is 1.36 bits per heavy atom. The van der Waals surface area contributed by atoms with Gasteiger partial charge in [-0.05, 0) is 26.0 Å². The van der Waals surface area contributed by atoms with Crippen LogP contribution >= 0.6 is 11.3 Å². The number of aromatic nitrogens is 4. The van der Waals surface area contributed by atoms with Crippen LogP contribution in [-0.4, -0.2) is 25.9 Å². The number of nitrogens with zero attached hydrogens (tertiary/aromatic N) is 4. The molecule has 7 nitrogen and oxygen atoms in total. The van der Waals surface area contributed by atoms with Gasteiger partial charge in [0.05, 0.1) is 11.1 Å². The largest absolute Gasteiger partial charge is 0.300 e. The molecular formula is C14H13N5O2S. The summed E-state index contributed by atoms with van der Waals surface area (Å²) in [6.07, 6.45) is 0. The second-order valence-electron chi connectivity index (χ2n) is 4.82. The molecule has 0 spiro atoms. The number of aryl methyl sites for hydroxylation is 1. The minimum absolute atomic E-state index is 0.344. The maximum absolute atomic E-state index is 12.4. The highest BCUT2D eigenvalue weighted by Gasteiger charge is 2.20. The number of fused-ring (bicyclic) bond motifs is 1. The molecule has 0 saturated heterocycles. The van der Waals surface area contributed by atoms with Crippen LogP contribution in [0.15, 0.2) is 34.4 Å². The number of amides is 1. The van der Waals surface area contributed by atoms with E-state index in [9.17, 15) is 9.59 Å². The second kappa shape index (κ2) is 5.64. The van der Waals surface area contributed by atoms with E-state index in [1.165, 1.54) is 11.3 Å². The fourth-order valence-corrected chi connectivity index (χ4v) is 2.68. The lowest BCUT2D eigenvalue weighted by molar-refractivity contribution is -0.119. The van der Waals surface area contributed by atoms with Crippen LogP contribution in [0.25, 0.3) is 10.9 Å². The van der Waals surface area contributed by atoms with Gasteiger partial charge in [-0.3, -0.25) is 9.59 Å². The molecule has 2 heterocycles. The van der Waals surface area contributed by atoms with Gasteiger partial charge in [-0.25, -0.2) is 4.98 Å². The van der Waals surface area contributed by atoms with Crippen molar-refractivity contribution in [2.45, 2.75) is 19.9 Å². The van der Waals surface area contributed by atoms with Crippen LogP contribution in [0, 0.1) is 6.92 Å². The highest BCUT2D eigenvalue weighted by Crippen LogP contribution is 2.16. The molecule has 8 heteroatoms. The van der Waals surface area contributed by atoms with Crippen LogP contribution < -0.4 is 10.9 Å². The summed E-state index contributed by atoms with van der Waals surface area (Å²) in [5.41, 5.74) is 0.992. The van der Waals surface area contributed by atoms with Gasteiger partial charge in [-0.1, -0.05) is 17.3 Å². The quantitative estimate of drug-likeness (QED) is 0.795. The van der Waals surface area contributed by atoms with E-state index in [1.807, 2.05) is 12.3 Å². The fraction of sp³-hybridized carbons (Fsp3) is 0.214. The summed E-state index contributed by atoms with van der Waals surface area (Å²) in [6, 6.07) is 6.11. The molecule has 0 aliphatic heterocycles. The standard InChI is InChI=1S/C14H13N5O2S/c1-8-7-22-14(15-8)16-12(20)9(2)19-13(21)10-5-3-4-6-11(10)17-18-19/h3-7,9H,1-2H3,(H,15,16,20). The van der Waals surface area contributed by atoms with Crippen molar-refractivity contribution in [3.05, 3.63) is 45.7 Å². The normalized spacial score (nSPS) is 12.3. The van der Waals surface area contributed by atoms with Gasteiger partial charge < -0.3 is 5.32 Å². The summed E-state index contributed by atoms with van der Waals surface area (Å²) < 4.78 is 1.08. The van der Waals surface area contributed by atoms with Crippen molar-refractivity contribution in [3.63, 3.8) is 0 Å². The Morgan fingerprint density at radius 3 is 2.86 bits per heavy atom. The zero-order chi connectivity index (χ0) is 15.7. The predicted octanol–water partition coefficient (Wildman–Crippen LogP) is 1.76. The van der Waals surface area contributed by atoms with Crippen molar-refractivity contribution in [2.24, 2.45) is 0 Å². The number of carbonyl (C=O) groups excluding carboxylic acids is 1. The van der Waals surface area contributed by atoms with Crippen molar-refractivity contribution in [1.82, 2.24) is 20.0 Å². The lowest BCUT2D eigenvalue weighted by atomic mass is 10.2. The van der Waals surface area contributed by atoms with E-state index >= 15 is 0 Å². The Hall–Kier alpha value is -2.61. The third-order valence-corrected chi connectivity index (χ3v) is 4.06. The van der Waals surface area contributed by atoms with Crippen molar-refractivity contribution >= 4 is 33.3 Å². The average molecular weight is 315 g/mol. The molecule has 0 aliphatic carbocycles. The van der Waals surface area contributed by atoms with Crippen LogP contribution in [0.4, 0.5) is 5.13 Å². The number of anilines is 1. The molecule has 3 aromatic rings. The summed E-state index contributed by atoms with van der Waals surface area (Å²) in [5, 5.41) is 13.3. The van der Waals surface area contributed by atoms with E-state index < -0.39 is 6.04 Å². The third kappa shape index (κ3) is 2.60. The average Bonchev–Trinajstić information content (AvgIpc) is 2.92. The van der Waals surface area contributed by atoms with Crippen molar-refractivity contribution in [1.29, 1.82) is 0 Å². The SMILES string of the molecule is Cc1csc(NC(=O)C(C)n2nnc3ccccc3c2=O)n1. The predicted molar refractivity (Wildman–Crippen MR) is 84.0 cm³/mol. The van der Waals surface area contributed by atoms with Gasteiger partial charge in [-0.2, -0.15) is 4.68 Å². The second-order valence-corrected chi connectivity index (χ2v) is 5.67. The van der Waals surface area contributed by atoms with Gasteiger partial charge in [0.2, 0.25) is 0 Å². The number of thiazole rings is 1. The number of benzene rings is 1. The minimum atomic E-state index is -0.784. The smallest absolute Gasteiger partial charge is 0.278 e. The zero-order valence-corrected chi connectivity index (χ0v) is 12.8. The highest BCUT2D eigenvalue weighted by molar-refractivity contribution is 7.13. The van der Waals surface area contributed by atoms with E-state index in [4.69, 9.17) is 0 Å². The highest BCUT2D eigenvalue weighted by atomic mass is 32.1. The minimum Gasteiger partial charge on any atom is -0.300 e. The molecule has 22 heavy (non-hydrogen) atoms. The lowest BCUT2D eigenvalue weighted by Crippen LogP contribution is -2.34. The van der Waals surface area contributed by atoms with Gasteiger partial charge >= 0.3 is 0 Å². The van der Waals surface area contributed by atoms with Crippen LogP contribution in [-0.2, 0) is 4.79 Å². The van der Waals surface area contributed by atoms with Gasteiger partial charge in [0.15, 0.2) is 5.13 Å². The fourth-order valence-electron chi connectivity index (χ4n) is 1.99. The molecule has 0 aliphatic rings. The van der Waals surface area contributed by atoms with E-state index in [-0.39, 0.29) is 11.5 Å². The van der Waals surface area contributed by atoms with E-state index in [1.54, 1.807) is 31.2 Å². The molecule has 0 saturated carbocycles. The molecule has 1 N–H and O–H groups in total. The van der Waals surface area contributed by atoms with E-state index in [2.05, 4.69) is 20.6 Å². The zero-order valence-electron chi connectivity index (χ0n) is 12.0. The van der Waals surface area contributed by atoms with Gasteiger partial charge in [0.1, 0.15) is 11.6 Å². The number of nitrogens with one attached hydrogen (secondary N) is 1. The van der Waals surface area contributed by atoms with Crippen LogP contribution in [0.5, 0.6) is 0 Å². The van der Waals surface area contributed by atoms with E-state index in [0.29, 0.717) is 16.0 Å². The third-order valence-electron chi connectivity index (χ3n) is 3.19. The molecule has 0 bridgehead atoms. The molecule has 112 valence electrons. The molecule has 1 unspecified atom stereocenters. The van der Waals surface area contributed by atoms with Crippen molar-refractivity contribution in [3.8, 4) is 0 Å². The molecular weight excluding hydrogens is 302 g/mol. The maximum Gasteiger partial charge on any atom is 0.278 e. The van der Waals surface area contributed by atoms with Crippen LogP contribution in [0.2, 0.25) is 0 Å². The summed E-state index contributed by atoms with van der Waals surface area (Å²) in [6.45, 7) is 3.44. The molecule has 1 amide bonds. The molecule has 0 fully saturated rings. The topological polar surface area (TPSA) is 89.8 Å². The van der Waals surface area contributed by atoms with E-state index in [0.717, 1.165) is 10.4 Å². The first-order valence-corrected chi connectivity index (χ1v) is 7.51. The summed E-state index contributed by atoms with van der Waals surface area (Å²) in [4.78, 5) is 28.8. The van der Waals surface area contributed by atoms with Gasteiger partial charge in [0, 0.05) is 5.38 Å². The lowest BCUT2D eigenvalue weighted by Gasteiger charge is -2.12. The number of hydrogen-bond acceptors (Lipinski definition) is 6. The molecule has 1 atom stereocenters. The van der Waals surface area contributed by atoms with Crippen LogP contribution in [0.1, 0.15) is 18.7 Å². The summed E-state index contributed by atoms with van der Waals surface area (Å²) in [7, 11) is 0. The Balaban J connectivity index is 1.91. The summed E-state index contributed by atoms with van der Waals surface area (Å²) >= 11 is 1.33. The number of hydrogen-bond donors (Lipinski definition) is 1. The summed E-state index contributed by atoms with van der Waals surface area (Å²) in [5.74, 6) is -0.360. The van der Waals surface area contributed by atoms with Gasteiger partial charge in [0.25, 0.3) is 11.5 Å². The van der Waals surface area contributed by atoms with Crippen LogP contribution in [0.3, 0.4) is 0 Å². The Morgan fingerprint density at radius 2 is 2.14 bits per heavy atom. The molecule has 2 aromatic heterocycles. The molecule has 1 aromatic carbocycles. The first-order valence-electron chi connectivity index (χ1n) is 6.63. The molecule has 3 rings (SSSR count). The van der Waals surface area contributed by atoms with Gasteiger partial charge in [-0.15, -0.1) is 16.4 Å².